The Labute approximate surface area is 106 Å². The van der Waals surface area contributed by atoms with Gasteiger partial charge in [-0.25, -0.2) is 4.68 Å². The highest BCUT2D eigenvalue weighted by atomic mass is 79.9. The molecule has 0 fully saturated rings. The average Bonchev–Trinajstić information content (AvgIpc) is 2.77. The number of benzene rings is 1. The van der Waals surface area contributed by atoms with Crippen LogP contribution in [0, 0.1) is 11.3 Å². The molecule has 0 aliphatic rings. The largest absolute Gasteiger partial charge is 0.366 e. The van der Waals surface area contributed by atoms with Crippen LogP contribution >= 0.6 is 15.9 Å². The normalized spacial score (nSPS) is 9.88. The van der Waals surface area contributed by atoms with E-state index in [-0.39, 0.29) is 0 Å². The standard InChI is InChI=1S/C11H7BrN4O/c12-9-2-1-3-10(8(9)4-13)16-6-7(5-15-16)11(14)17/h1-3,5-6H,(H2,14,17). The molecule has 84 valence electrons. The van der Waals surface area contributed by atoms with Crippen molar-refractivity contribution in [2.24, 2.45) is 5.73 Å². The molecule has 0 atom stereocenters. The van der Waals surface area contributed by atoms with Crippen LogP contribution < -0.4 is 5.73 Å². The second kappa shape index (κ2) is 4.39. The summed E-state index contributed by atoms with van der Waals surface area (Å²) in [5, 5.41) is 13.1. The van der Waals surface area contributed by atoms with Gasteiger partial charge < -0.3 is 5.73 Å². The molecular formula is C11H7BrN4O. The lowest BCUT2D eigenvalue weighted by molar-refractivity contribution is 0.100. The molecule has 0 saturated heterocycles. The molecule has 2 N–H and O–H groups in total. The van der Waals surface area contributed by atoms with Crippen molar-refractivity contribution in [2.75, 3.05) is 0 Å². The van der Waals surface area contributed by atoms with E-state index < -0.39 is 5.91 Å². The van der Waals surface area contributed by atoms with E-state index in [1.807, 2.05) is 0 Å². The van der Waals surface area contributed by atoms with Crippen molar-refractivity contribution in [3.63, 3.8) is 0 Å². The zero-order valence-electron chi connectivity index (χ0n) is 8.59. The third kappa shape index (κ3) is 2.05. The molecule has 5 nitrogen and oxygen atoms in total. The molecule has 17 heavy (non-hydrogen) atoms. The van der Waals surface area contributed by atoms with Gasteiger partial charge in [-0.05, 0) is 28.1 Å². The summed E-state index contributed by atoms with van der Waals surface area (Å²) >= 11 is 3.29. The maximum Gasteiger partial charge on any atom is 0.251 e. The molecule has 0 spiro atoms. The second-order valence-corrected chi connectivity index (χ2v) is 4.14. The minimum absolute atomic E-state index is 0.300. The van der Waals surface area contributed by atoms with E-state index in [9.17, 15) is 4.79 Å². The van der Waals surface area contributed by atoms with Crippen LogP contribution in [0.3, 0.4) is 0 Å². The van der Waals surface area contributed by atoms with Crippen LogP contribution in [-0.4, -0.2) is 15.7 Å². The summed E-state index contributed by atoms with van der Waals surface area (Å²) in [6.45, 7) is 0. The first-order valence-corrected chi connectivity index (χ1v) is 5.46. The lowest BCUT2D eigenvalue weighted by atomic mass is 10.2. The molecule has 0 unspecified atom stereocenters. The van der Waals surface area contributed by atoms with Crippen molar-refractivity contribution in [1.29, 1.82) is 5.26 Å². The number of amides is 1. The fraction of sp³-hybridized carbons (Fsp3) is 0. The van der Waals surface area contributed by atoms with Gasteiger partial charge in [-0.15, -0.1) is 0 Å². The molecular weight excluding hydrogens is 284 g/mol. The zero-order chi connectivity index (χ0) is 12.4. The molecule has 0 bridgehead atoms. The van der Waals surface area contributed by atoms with Gasteiger partial charge in [0.25, 0.3) is 5.91 Å². The summed E-state index contributed by atoms with van der Waals surface area (Å²) in [7, 11) is 0. The lowest BCUT2D eigenvalue weighted by Gasteiger charge is -2.04. The molecule has 0 aliphatic carbocycles. The predicted molar refractivity (Wildman–Crippen MR) is 64.5 cm³/mol. The number of hydrogen-bond acceptors (Lipinski definition) is 3. The summed E-state index contributed by atoms with van der Waals surface area (Å²) in [4.78, 5) is 11.0. The monoisotopic (exact) mass is 290 g/mol. The van der Waals surface area contributed by atoms with Gasteiger partial charge in [-0.3, -0.25) is 4.79 Å². The Morgan fingerprint density at radius 3 is 2.88 bits per heavy atom. The number of nitrogens with two attached hydrogens (primary N) is 1. The summed E-state index contributed by atoms with van der Waals surface area (Å²) in [5.41, 5.74) is 6.48. The number of nitrogens with zero attached hydrogens (tertiary/aromatic N) is 3. The van der Waals surface area contributed by atoms with Gasteiger partial charge in [0, 0.05) is 10.7 Å². The summed E-state index contributed by atoms with van der Waals surface area (Å²) in [5.74, 6) is -0.551. The van der Waals surface area contributed by atoms with Gasteiger partial charge in [0.05, 0.1) is 23.0 Å². The van der Waals surface area contributed by atoms with E-state index >= 15 is 0 Å². The second-order valence-electron chi connectivity index (χ2n) is 3.28. The first-order valence-electron chi connectivity index (χ1n) is 4.67. The number of carbonyl (C=O) groups is 1. The quantitative estimate of drug-likeness (QED) is 0.912. The number of hydrogen-bond donors (Lipinski definition) is 1. The number of primary amides is 1. The van der Waals surface area contributed by atoms with Crippen LogP contribution in [0.5, 0.6) is 0 Å². The van der Waals surface area contributed by atoms with E-state index in [1.165, 1.54) is 17.1 Å². The summed E-state index contributed by atoms with van der Waals surface area (Å²) in [6.07, 6.45) is 2.86. The number of aromatic nitrogens is 2. The Hall–Kier alpha value is -2.13. The van der Waals surface area contributed by atoms with Crippen LogP contribution in [0.15, 0.2) is 35.1 Å². The molecule has 2 aromatic rings. The number of halogens is 1. The van der Waals surface area contributed by atoms with E-state index in [2.05, 4.69) is 27.1 Å². The van der Waals surface area contributed by atoms with Gasteiger partial charge >= 0.3 is 0 Å². The van der Waals surface area contributed by atoms with Crippen molar-refractivity contribution >= 4 is 21.8 Å². The first kappa shape index (κ1) is 11.4. The van der Waals surface area contributed by atoms with Crippen molar-refractivity contribution in [1.82, 2.24) is 9.78 Å². The summed E-state index contributed by atoms with van der Waals surface area (Å²) < 4.78 is 2.12. The third-order valence-electron chi connectivity index (χ3n) is 2.22. The number of nitriles is 1. The van der Waals surface area contributed by atoms with Gasteiger partial charge in [0.1, 0.15) is 6.07 Å². The summed E-state index contributed by atoms with van der Waals surface area (Å²) in [6, 6.07) is 7.36. The van der Waals surface area contributed by atoms with Crippen molar-refractivity contribution in [3.05, 3.63) is 46.2 Å². The minimum Gasteiger partial charge on any atom is -0.366 e. The fourth-order valence-corrected chi connectivity index (χ4v) is 1.84. The smallest absolute Gasteiger partial charge is 0.251 e. The number of rotatable bonds is 2. The zero-order valence-corrected chi connectivity index (χ0v) is 10.2. The lowest BCUT2D eigenvalue weighted by Crippen LogP contribution is -2.09. The van der Waals surface area contributed by atoms with Crippen molar-refractivity contribution < 1.29 is 4.79 Å². The highest BCUT2D eigenvalue weighted by Crippen LogP contribution is 2.22. The topological polar surface area (TPSA) is 84.7 Å². The van der Waals surface area contributed by atoms with Gasteiger partial charge in [0.2, 0.25) is 0 Å². The Bertz CT molecular complexity index is 627. The highest BCUT2D eigenvalue weighted by molar-refractivity contribution is 9.10. The Morgan fingerprint density at radius 2 is 2.29 bits per heavy atom. The highest BCUT2D eigenvalue weighted by Gasteiger charge is 2.10. The Kier molecular flexibility index (Phi) is 2.93. The van der Waals surface area contributed by atoms with Gasteiger partial charge in [0.15, 0.2) is 0 Å². The van der Waals surface area contributed by atoms with Crippen LogP contribution in [0.4, 0.5) is 0 Å². The molecule has 1 heterocycles. The molecule has 1 amide bonds. The van der Waals surface area contributed by atoms with E-state index in [0.29, 0.717) is 21.3 Å². The van der Waals surface area contributed by atoms with Crippen molar-refractivity contribution in [2.45, 2.75) is 0 Å². The predicted octanol–water partition coefficient (Wildman–Crippen LogP) is 1.61. The Balaban J connectivity index is 2.57. The molecule has 1 aromatic carbocycles. The molecule has 0 saturated carbocycles. The molecule has 6 heteroatoms. The molecule has 1 aromatic heterocycles. The molecule has 2 rings (SSSR count). The van der Waals surface area contributed by atoms with E-state index in [4.69, 9.17) is 11.0 Å². The fourth-order valence-electron chi connectivity index (χ4n) is 1.40. The van der Waals surface area contributed by atoms with Crippen molar-refractivity contribution in [3.8, 4) is 11.8 Å². The average molecular weight is 291 g/mol. The minimum atomic E-state index is -0.551. The SMILES string of the molecule is N#Cc1c(Br)cccc1-n1cc(C(N)=O)cn1. The third-order valence-corrected chi connectivity index (χ3v) is 2.88. The van der Waals surface area contributed by atoms with Crippen LogP contribution in [-0.2, 0) is 0 Å². The maximum absolute atomic E-state index is 11.0. The van der Waals surface area contributed by atoms with Gasteiger partial charge in [-0.1, -0.05) is 6.07 Å². The van der Waals surface area contributed by atoms with E-state index in [0.717, 1.165) is 0 Å². The first-order chi connectivity index (χ1) is 8.13. The van der Waals surface area contributed by atoms with Crippen LogP contribution in [0.1, 0.15) is 15.9 Å². The van der Waals surface area contributed by atoms with Gasteiger partial charge in [-0.2, -0.15) is 10.4 Å². The molecule has 0 aliphatic heterocycles. The number of carbonyl (C=O) groups excluding carboxylic acids is 1. The van der Waals surface area contributed by atoms with E-state index in [1.54, 1.807) is 18.2 Å². The Morgan fingerprint density at radius 1 is 1.53 bits per heavy atom. The van der Waals surface area contributed by atoms with Crippen LogP contribution in [0.2, 0.25) is 0 Å². The molecule has 0 radical (unpaired) electrons. The van der Waals surface area contributed by atoms with Crippen LogP contribution in [0.25, 0.3) is 5.69 Å². The maximum atomic E-state index is 11.0.